The number of hydrogen-bond donors (Lipinski definition) is 1. The largest absolute Gasteiger partial charge is 0.391 e. The van der Waals surface area contributed by atoms with Gasteiger partial charge >= 0.3 is 0 Å². The van der Waals surface area contributed by atoms with Gasteiger partial charge in [0.15, 0.2) is 17.0 Å². The molecule has 7 heteroatoms. The summed E-state index contributed by atoms with van der Waals surface area (Å²) in [4.78, 5) is 11.7. The molecule has 136 valence electrons. The van der Waals surface area contributed by atoms with Gasteiger partial charge in [-0.05, 0) is 12.0 Å². The van der Waals surface area contributed by atoms with Gasteiger partial charge in [-0.15, -0.1) is 5.10 Å². The Morgan fingerprint density at radius 1 is 1.15 bits per heavy atom. The summed E-state index contributed by atoms with van der Waals surface area (Å²) in [5, 5.41) is 18.6. The summed E-state index contributed by atoms with van der Waals surface area (Å²) < 4.78 is 1.83. The lowest BCUT2D eigenvalue weighted by Gasteiger charge is -2.21. The molecule has 1 aliphatic heterocycles. The highest BCUT2D eigenvalue weighted by Gasteiger charge is 2.28. The average molecular weight is 352 g/mol. The maximum Gasteiger partial charge on any atom is 0.184 e. The Kier molecular flexibility index (Phi) is 4.11. The van der Waals surface area contributed by atoms with E-state index in [9.17, 15) is 5.11 Å². The van der Waals surface area contributed by atoms with Crippen molar-refractivity contribution in [1.82, 2.24) is 25.0 Å². The van der Waals surface area contributed by atoms with E-state index in [0.29, 0.717) is 18.6 Å². The molecule has 0 saturated carbocycles. The van der Waals surface area contributed by atoms with Gasteiger partial charge in [-0.3, -0.25) is 0 Å². The SMILES string of the molecule is CC(C)(C)c1nc(N2CC[C@@H](O)C2)c2nnn(Cc3ccccc3)c2n1. The summed E-state index contributed by atoms with van der Waals surface area (Å²) >= 11 is 0. The molecule has 0 aliphatic carbocycles. The second-order valence-electron chi connectivity index (χ2n) is 7.91. The lowest BCUT2D eigenvalue weighted by Crippen LogP contribution is -2.25. The molecule has 4 rings (SSSR count). The van der Waals surface area contributed by atoms with Crippen LogP contribution in [-0.2, 0) is 12.0 Å². The van der Waals surface area contributed by atoms with Gasteiger partial charge in [0.25, 0.3) is 0 Å². The van der Waals surface area contributed by atoms with Crippen molar-refractivity contribution in [3.8, 4) is 0 Å². The molecule has 3 heterocycles. The van der Waals surface area contributed by atoms with Crippen molar-refractivity contribution in [1.29, 1.82) is 0 Å². The van der Waals surface area contributed by atoms with Gasteiger partial charge in [-0.1, -0.05) is 56.3 Å². The third-order valence-corrected chi connectivity index (χ3v) is 4.65. The van der Waals surface area contributed by atoms with Gasteiger partial charge in [0, 0.05) is 18.5 Å². The second kappa shape index (κ2) is 6.32. The molecule has 1 aromatic carbocycles. The van der Waals surface area contributed by atoms with Crippen molar-refractivity contribution in [3.63, 3.8) is 0 Å². The highest BCUT2D eigenvalue weighted by Crippen LogP contribution is 2.29. The smallest absolute Gasteiger partial charge is 0.184 e. The number of β-amino-alcohol motifs (C(OH)–C–C–N with tert-alkyl or cyclic N) is 1. The first kappa shape index (κ1) is 16.9. The number of aliphatic hydroxyl groups excluding tert-OH is 1. The monoisotopic (exact) mass is 352 g/mol. The summed E-state index contributed by atoms with van der Waals surface area (Å²) in [6, 6.07) is 10.2. The Morgan fingerprint density at radius 2 is 1.92 bits per heavy atom. The molecule has 3 aromatic rings. The van der Waals surface area contributed by atoms with E-state index in [2.05, 4.69) is 48.1 Å². The lowest BCUT2D eigenvalue weighted by molar-refractivity contribution is 0.198. The Bertz CT molecular complexity index is 915. The van der Waals surface area contributed by atoms with Gasteiger partial charge in [0.1, 0.15) is 5.82 Å². The van der Waals surface area contributed by atoms with Crippen LogP contribution in [0.4, 0.5) is 5.82 Å². The predicted octanol–water partition coefficient (Wildman–Crippen LogP) is 2.14. The molecule has 0 bridgehead atoms. The van der Waals surface area contributed by atoms with Crippen LogP contribution in [0.25, 0.3) is 11.2 Å². The maximum atomic E-state index is 9.94. The minimum absolute atomic E-state index is 0.191. The third-order valence-electron chi connectivity index (χ3n) is 4.65. The van der Waals surface area contributed by atoms with Crippen LogP contribution in [0.5, 0.6) is 0 Å². The number of anilines is 1. The minimum Gasteiger partial charge on any atom is -0.391 e. The van der Waals surface area contributed by atoms with Crippen LogP contribution in [0.3, 0.4) is 0 Å². The molecule has 0 spiro atoms. The average Bonchev–Trinajstić information content (AvgIpc) is 3.21. The summed E-state index contributed by atoms with van der Waals surface area (Å²) in [6.07, 6.45) is 0.423. The van der Waals surface area contributed by atoms with Crippen LogP contribution in [0.1, 0.15) is 38.6 Å². The topological polar surface area (TPSA) is 80.0 Å². The normalized spacial score (nSPS) is 18.0. The van der Waals surface area contributed by atoms with Gasteiger partial charge in [-0.25, -0.2) is 14.6 Å². The fourth-order valence-corrected chi connectivity index (χ4v) is 3.19. The zero-order valence-corrected chi connectivity index (χ0v) is 15.4. The van der Waals surface area contributed by atoms with E-state index in [1.807, 2.05) is 22.9 Å². The first-order chi connectivity index (χ1) is 12.4. The quantitative estimate of drug-likeness (QED) is 0.778. The fourth-order valence-electron chi connectivity index (χ4n) is 3.19. The standard InChI is InChI=1S/C19H24N6O/c1-19(2,3)18-20-16(24-10-9-14(26)12-24)15-17(21-18)25(23-22-15)11-13-7-5-4-6-8-13/h4-8,14,26H,9-12H2,1-3H3/t14-/m1/s1. The van der Waals surface area contributed by atoms with Crippen molar-refractivity contribution >= 4 is 17.0 Å². The van der Waals surface area contributed by atoms with E-state index >= 15 is 0 Å². The zero-order valence-electron chi connectivity index (χ0n) is 15.4. The van der Waals surface area contributed by atoms with Gasteiger partial charge < -0.3 is 10.0 Å². The Labute approximate surface area is 152 Å². The molecule has 0 unspecified atom stereocenters. The minimum atomic E-state index is -0.322. The Balaban J connectivity index is 1.83. The number of nitrogens with zero attached hydrogens (tertiary/aromatic N) is 6. The second-order valence-corrected chi connectivity index (χ2v) is 7.91. The number of aliphatic hydroxyl groups is 1. The number of aromatic nitrogens is 5. The van der Waals surface area contributed by atoms with Crippen LogP contribution >= 0.6 is 0 Å². The molecule has 1 saturated heterocycles. The van der Waals surface area contributed by atoms with Crippen LogP contribution in [0, 0.1) is 0 Å². The summed E-state index contributed by atoms with van der Waals surface area (Å²) in [6.45, 7) is 8.25. The number of rotatable bonds is 3. The van der Waals surface area contributed by atoms with E-state index in [1.54, 1.807) is 0 Å². The highest BCUT2D eigenvalue weighted by atomic mass is 16.3. The number of hydrogen-bond acceptors (Lipinski definition) is 6. The molecule has 26 heavy (non-hydrogen) atoms. The van der Waals surface area contributed by atoms with Crippen LogP contribution in [0.15, 0.2) is 30.3 Å². The molecule has 2 aromatic heterocycles. The highest BCUT2D eigenvalue weighted by molar-refractivity contribution is 5.83. The van der Waals surface area contributed by atoms with E-state index in [4.69, 9.17) is 9.97 Å². The molecular formula is C19H24N6O. The fraction of sp³-hybridized carbons (Fsp3) is 0.474. The predicted molar refractivity (Wildman–Crippen MR) is 100 cm³/mol. The molecule has 0 radical (unpaired) electrons. The van der Waals surface area contributed by atoms with E-state index < -0.39 is 0 Å². The van der Waals surface area contributed by atoms with Gasteiger partial charge in [0.05, 0.1) is 12.6 Å². The molecule has 1 atom stereocenters. The van der Waals surface area contributed by atoms with E-state index in [0.717, 1.165) is 35.8 Å². The van der Waals surface area contributed by atoms with Crippen molar-refractivity contribution in [2.75, 3.05) is 18.0 Å². The van der Waals surface area contributed by atoms with Crippen molar-refractivity contribution < 1.29 is 5.11 Å². The van der Waals surface area contributed by atoms with Crippen molar-refractivity contribution in [2.24, 2.45) is 0 Å². The van der Waals surface area contributed by atoms with Crippen molar-refractivity contribution in [3.05, 3.63) is 41.7 Å². The first-order valence-corrected chi connectivity index (χ1v) is 9.00. The summed E-state index contributed by atoms with van der Waals surface area (Å²) in [5.41, 5.74) is 2.39. The number of benzene rings is 1. The lowest BCUT2D eigenvalue weighted by atomic mass is 9.96. The Hall–Kier alpha value is -2.54. The van der Waals surface area contributed by atoms with Crippen LogP contribution in [-0.4, -0.2) is 49.3 Å². The van der Waals surface area contributed by atoms with Gasteiger partial charge in [0.2, 0.25) is 0 Å². The van der Waals surface area contributed by atoms with E-state index in [1.165, 1.54) is 0 Å². The first-order valence-electron chi connectivity index (χ1n) is 9.00. The number of fused-ring (bicyclic) bond motifs is 1. The third kappa shape index (κ3) is 3.14. The molecule has 1 aliphatic rings. The zero-order chi connectivity index (χ0) is 18.3. The van der Waals surface area contributed by atoms with Gasteiger partial charge in [-0.2, -0.15) is 0 Å². The van der Waals surface area contributed by atoms with Crippen LogP contribution in [0.2, 0.25) is 0 Å². The summed E-state index contributed by atoms with van der Waals surface area (Å²) in [7, 11) is 0. The molecule has 1 fully saturated rings. The van der Waals surface area contributed by atoms with Crippen LogP contribution < -0.4 is 4.90 Å². The summed E-state index contributed by atoms with van der Waals surface area (Å²) in [5.74, 6) is 1.54. The molecule has 1 N–H and O–H groups in total. The molecule has 7 nitrogen and oxygen atoms in total. The molecule has 0 amide bonds. The Morgan fingerprint density at radius 3 is 2.58 bits per heavy atom. The maximum absolute atomic E-state index is 9.94. The van der Waals surface area contributed by atoms with E-state index in [-0.39, 0.29) is 11.5 Å². The molecular weight excluding hydrogens is 328 g/mol. The van der Waals surface area contributed by atoms with Crippen molar-refractivity contribution in [2.45, 2.75) is 45.3 Å².